The molecule has 2 rings (SSSR count). The number of nitro groups is 1. The van der Waals surface area contributed by atoms with E-state index in [-0.39, 0.29) is 17.0 Å². The molecule has 0 radical (unpaired) electrons. The van der Waals surface area contributed by atoms with E-state index in [1.165, 1.54) is 32.4 Å². The summed E-state index contributed by atoms with van der Waals surface area (Å²) < 4.78 is 10.2. The summed E-state index contributed by atoms with van der Waals surface area (Å²) >= 11 is 0. The van der Waals surface area contributed by atoms with Gasteiger partial charge >= 0.3 is 0 Å². The van der Waals surface area contributed by atoms with E-state index < -0.39 is 11.2 Å². The Labute approximate surface area is 127 Å². The van der Waals surface area contributed by atoms with E-state index in [1.54, 1.807) is 24.3 Å². The lowest BCUT2D eigenvalue weighted by Gasteiger charge is -2.14. The Morgan fingerprint density at radius 2 is 1.68 bits per heavy atom. The van der Waals surface area contributed by atoms with Gasteiger partial charge in [-0.15, -0.1) is 0 Å². The number of rotatable bonds is 6. The maximum atomic E-state index is 12.4. The van der Waals surface area contributed by atoms with E-state index >= 15 is 0 Å². The lowest BCUT2D eigenvalue weighted by atomic mass is 10.00. The maximum absolute atomic E-state index is 12.4. The zero-order valence-electron chi connectivity index (χ0n) is 12.2. The van der Waals surface area contributed by atoms with Crippen LogP contribution in [0.1, 0.15) is 27.8 Å². The number of ether oxygens (including phenoxy) is 2. The molecule has 0 fully saturated rings. The van der Waals surface area contributed by atoms with E-state index in [4.69, 9.17) is 9.47 Å². The molecule has 0 aliphatic rings. The van der Waals surface area contributed by atoms with Crippen molar-refractivity contribution in [1.29, 1.82) is 0 Å². The Hall–Kier alpha value is -2.57. The van der Waals surface area contributed by atoms with Gasteiger partial charge in [0.15, 0.2) is 12.1 Å². The molecule has 6 nitrogen and oxygen atoms in total. The van der Waals surface area contributed by atoms with Gasteiger partial charge in [0.2, 0.25) is 0 Å². The SMILES string of the molecule is COC(OC)c1cc(C(=O)c2ccccc2)ccc1[N+](=O)[O-]. The van der Waals surface area contributed by atoms with E-state index in [9.17, 15) is 14.9 Å². The van der Waals surface area contributed by atoms with Crippen LogP contribution in [0.5, 0.6) is 0 Å². The number of benzene rings is 2. The fraction of sp³-hybridized carbons (Fsp3) is 0.188. The third kappa shape index (κ3) is 3.19. The van der Waals surface area contributed by atoms with Gasteiger partial charge in [-0.2, -0.15) is 0 Å². The molecule has 0 bridgehead atoms. The second kappa shape index (κ2) is 6.93. The van der Waals surface area contributed by atoms with Crippen LogP contribution < -0.4 is 0 Å². The van der Waals surface area contributed by atoms with Gasteiger partial charge in [0.25, 0.3) is 5.69 Å². The van der Waals surface area contributed by atoms with Crippen molar-refractivity contribution in [1.82, 2.24) is 0 Å². The molecular weight excluding hydrogens is 286 g/mol. The van der Waals surface area contributed by atoms with Crippen LogP contribution in [-0.2, 0) is 9.47 Å². The summed E-state index contributed by atoms with van der Waals surface area (Å²) in [6, 6.07) is 12.9. The highest BCUT2D eigenvalue weighted by molar-refractivity contribution is 6.09. The van der Waals surface area contributed by atoms with Gasteiger partial charge in [-0.05, 0) is 12.1 Å². The molecule has 0 amide bonds. The smallest absolute Gasteiger partial charge is 0.277 e. The standard InChI is InChI=1S/C16H15NO5/c1-21-16(22-2)13-10-12(8-9-14(13)17(19)20)15(18)11-6-4-3-5-7-11/h3-10,16H,1-2H3. The predicted molar refractivity (Wildman–Crippen MR) is 79.7 cm³/mol. The van der Waals surface area contributed by atoms with Crippen molar-refractivity contribution in [2.45, 2.75) is 6.29 Å². The lowest BCUT2D eigenvalue weighted by molar-refractivity contribution is -0.387. The van der Waals surface area contributed by atoms with Gasteiger partial charge in [-0.1, -0.05) is 30.3 Å². The molecule has 114 valence electrons. The maximum Gasteiger partial charge on any atom is 0.277 e. The van der Waals surface area contributed by atoms with Crippen LogP contribution in [0.3, 0.4) is 0 Å². The fourth-order valence-corrected chi connectivity index (χ4v) is 2.16. The first-order chi connectivity index (χ1) is 10.6. The van der Waals surface area contributed by atoms with Crippen molar-refractivity contribution in [3.63, 3.8) is 0 Å². The first kappa shape index (κ1) is 15.8. The van der Waals surface area contributed by atoms with Crippen molar-refractivity contribution in [2.75, 3.05) is 14.2 Å². The largest absolute Gasteiger partial charge is 0.351 e. The number of nitro benzene ring substituents is 1. The molecule has 0 spiro atoms. The summed E-state index contributed by atoms with van der Waals surface area (Å²) in [5.74, 6) is -0.220. The van der Waals surface area contributed by atoms with Crippen LogP contribution in [0.4, 0.5) is 5.69 Å². The normalized spacial score (nSPS) is 10.7. The van der Waals surface area contributed by atoms with Crippen LogP contribution in [0.25, 0.3) is 0 Å². The molecule has 0 unspecified atom stereocenters. The molecule has 0 heterocycles. The Kier molecular flexibility index (Phi) is 4.98. The van der Waals surface area contributed by atoms with Gasteiger partial charge in [0, 0.05) is 31.4 Å². The van der Waals surface area contributed by atoms with Crippen molar-refractivity contribution in [3.8, 4) is 0 Å². The van der Waals surface area contributed by atoms with Crippen molar-refractivity contribution < 1.29 is 19.2 Å². The first-order valence-corrected chi connectivity index (χ1v) is 6.52. The van der Waals surface area contributed by atoms with Crippen molar-refractivity contribution >= 4 is 11.5 Å². The molecule has 0 atom stereocenters. The third-order valence-electron chi connectivity index (χ3n) is 3.20. The second-order valence-corrected chi connectivity index (χ2v) is 4.53. The van der Waals surface area contributed by atoms with E-state index in [1.807, 2.05) is 6.07 Å². The highest BCUT2D eigenvalue weighted by atomic mass is 16.7. The molecule has 6 heteroatoms. The number of hydrogen-bond acceptors (Lipinski definition) is 5. The minimum Gasteiger partial charge on any atom is -0.351 e. The van der Waals surface area contributed by atoms with Gasteiger partial charge in [-0.25, -0.2) is 0 Å². The minimum atomic E-state index is -0.913. The zero-order valence-corrected chi connectivity index (χ0v) is 12.2. The summed E-state index contributed by atoms with van der Waals surface area (Å²) in [5.41, 5.74) is 0.898. The number of ketones is 1. The number of hydrogen-bond donors (Lipinski definition) is 0. The molecule has 0 aliphatic heterocycles. The van der Waals surface area contributed by atoms with Crippen LogP contribution in [0.15, 0.2) is 48.5 Å². The van der Waals surface area contributed by atoms with Crippen molar-refractivity contribution in [2.24, 2.45) is 0 Å². The highest BCUT2D eigenvalue weighted by Gasteiger charge is 2.24. The van der Waals surface area contributed by atoms with Gasteiger partial charge < -0.3 is 9.47 Å². The number of carbonyl (C=O) groups excluding carboxylic acids is 1. The summed E-state index contributed by atoms with van der Waals surface area (Å²) in [5, 5.41) is 11.1. The molecule has 22 heavy (non-hydrogen) atoms. The molecule has 0 N–H and O–H groups in total. The molecular formula is C16H15NO5. The van der Waals surface area contributed by atoms with E-state index in [2.05, 4.69) is 0 Å². The molecule has 0 aliphatic carbocycles. The van der Waals surface area contributed by atoms with Gasteiger partial charge in [0.05, 0.1) is 10.5 Å². The van der Waals surface area contributed by atoms with Crippen LogP contribution >= 0.6 is 0 Å². The van der Waals surface area contributed by atoms with E-state index in [0.29, 0.717) is 11.1 Å². The molecule has 2 aromatic rings. The number of nitrogens with zero attached hydrogens (tertiary/aromatic N) is 1. The third-order valence-corrected chi connectivity index (χ3v) is 3.20. The predicted octanol–water partition coefficient (Wildman–Crippen LogP) is 3.12. The average molecular weight is 301 g/mol. The summed E-state index contributed by atoms with van der Waals surface area (Å²) in [6.07, 6.45) is -0.913. The minimum absolute atomic E-state index is 0.154. The van der Waals surface area contributed by atoms with Gasteiger partial charge in [0.1, 0.15) is 0 Å². The molecule has 0 saturated carbocycles. The van der Waals surface area contributed by atoms with Gasteiger partial charge in [-0.3, -0.25) is 14.9 Å². The first-order valence-electron chi connectivity index (χ1n) is 6.52. The Morgan fingerprint density at radius 3 is 2.23 bits per heavy atom. The molecule has 2 aromatic carbocycles. The van der Waals surface area contributed by atoms with E-state index in [0.717, 1.165) is 0 Å². The molecule has 0 aromatic heterocycles. The Morgan fingerprint density at radius 1 is 1.05 bits per heavy atom. The number of carbonyl (C=O) groups is 1. The highest BCUT2D eigenvalue weighted by Crippen LogP contribution is 2.29. The van der Waals surface area contributed by atoms with Crippen LogP contribution in [-0.4, -0.2) is 24.9 Å². The summed E-state index contributed by atoms with van der Waals surface area (Å²) in [4.78, 5) is 23.0. The summed E-state index contributed by atoms with van der Waals surface area (Å²) in [6.45, 7) is 0. The second-order valence-electron chi connectivity index (χ2n) is 4.53. The lowest BCUT2D eigenvalue weighted by Crippen LogP contribution is -2.09. The fourth-order valence-electron chi connectivity index (χ4n) is 2.16. The summed E-state index contributed by atoms with van der Waals surface area (Å²) in [7, 11) is 2.76. The Bertz CT molecular complexity index is 680. The van der Waals surface area contributed by atoms with Crippen LogP contribution in [0, 0.1) is 10.1 Å². The Balaban J connectivity index is 2.49. The zero-order chi connectivity index (χ0) is 16.1. The monoisotopic (exact) mass is 301 g/mol. The topological polar surface area (TPSA) is 78.7 Å². The van der Waals surface area contributed by atoms with Crippen LogP contribution in [0.2, 0.25) is 0 Å². The molecule has 0 saturated heterocycles. The average Bonchev–Trinajstić information content (AvgIpc) is 2.56. The number of methoxy groups -OCH3 is 2. The van der Waals surface area contributed by atoms with Crippen molar-refractivity contribution in [3.05, 3.63) is 75.3 Å². The quantitative estimate of drug-likeness (QED) is 0.354.